The van der Waals surface area contributed by atoms with Gasteiger partial charge in [0.1, 0.15) is 18.1 Å². The summed E-state index contributed by atoms with van der Waals surface area (Å²) >= 11 is 0. The molecule has 0 aliphatic carbocycles. The van der Waals surface area contributed by atoms with Gasteiger partial charge in [-0.15, -0.1) is 0 Å². The maximum atomic E-state index is 5.89. The van der Waals surface area contributed by atoms with E-state index < -0.39 is 0 Å². The van der Waals surface area contributed by atoms with Crippen LogP contribution in [0.1, 0.15) is 22.7 Å². The Morgan fingerprint density at radius 3 is 2.29 bits per heavy atom. The van der Waals surface area contributed by atoms with Gasteiger partial charge in [-0.25, -0.2) is 0 Å². The second-order valence-electron chi connectivity index (χ2n) is 5.21. The van der Waals surface area contributed by atoms with E-state index in [1.54, 1.807) is 7.11 Å². The van der Waals surface area contributed by atoms with Crippen LogP contribution in [0, 0.1) is 13.8 Å². The fourth-order valence-electron chi connectivity index (χ4n) is 2.27. The molecule has 0 bridgehead atoms. The predicted octanol–water partition coefficient (Wildman–Crippen LogP) is 3.65. The van der Waals surface area contributed by atoms with Gasteiger partial charge in [-0.1, -0.05) is 35.4 Å². The van der Waals surface area contributed by atoms with Gasteiger partial charge in [0, 0.05) is 5.56 Å². The van der Waals surface area contributed by atoms with Crippen molar-refractivity contribution in [3.63, 3.8) is 0 Å². The molecule has 2 aromatic rings. The average Bonchev–Trinajstić information content (AvgIpc) is 2.50. The molecule has 1 atom stereocenters. The third kappa shape index (κ3) is 3.99. The quantitative estimate of drug-likeness (QED) is 0.878. The molecule has 0 aliphatic heterocycles. The molecular weight excluding hydrogens is 262 g/mol. The van der Waals surface area contributed by atoms with Crippen LogP contribution in [-0.4, -0.2) is 20.8 Å². The summed E-state index contributed by atoms with van der Waals surface area (Å²) in [5.41, 5.74) is 3.56. The van der Waals surface area contributed by atoms with E-state index in [-0.39, 0.29) is 6.04 Å². The van der Waals surface area contributed by atoms with Crippen LogP contribution >= 0.6 is 0 Å². The van der Waals surface area contributed by atoms with E-state index in [0.717, 1.165) is 17.1 Å². The standard InChI is InChI=1S/C18H23NO2/c1-13-5-8-15(9-6-13)21-12-17(19-3)16-11-14(2)7-10-18(16)20-4/h5-11,17,19H,12H2,1-4H3. The molecule has 1 N–H and O–H groups in total. The molecule has 2 aromatic carbocycles. The molecule has 0 heterocycles. The third-order valence-electron chi connectivity index (χ3n) is 3.55. The zero-order valence-electron chi connectivity index (χ0n) is 13.1. The Bertz CT molecular complexity index is 578. The molecule has 112 valence electrons. The molecule has 3 heteroatoms. The fraction of sp³-hybridized carbons (Fsp3) is 0.333. The lowest BCUT2D eigenvalue weighted by atomic mass is 10.0. The second-order valence-corrected chi connectivity index (χ2v) is 5.21. The lowest BCUT2D eigenvalue weighted by Crippen LogP contribution is -2.24. The number of ether oxygens (including phenoxy) is 2. The minimum Gasteiger partial charge on any atom is -0.496 e. The minimum absolute atomic E-state index is 0.0844. The molecule has 0 aromatic heterocycles. The molecular formula is C18H23NO2. The van der Waals surface area contributed by atoms with E-state index in [1.807, 2.05) is 25.2 Å². The molecule has 0 aliphatic rings. The Kier molecular flexibility index (Phi) is 5.23. The molecule has 2 rings (SSSR count). The number of rotatable bonds is 6. The highest BCUT2D eigenvalue weighted by Gasteiger charge is 2.15. The van der Waals surface area contributed by atoms with Crippen molar-refractivity contribution in [1.29, 1.82) is 0 Å². The Morgan fingerprint density at radius 2 is 1.67 bits per heavy atom. The monoisotopic (exact) mass is 285 g/mol. The van der Waals surface area contributed by atoms with Crippen LogP contribution in [0.2, 0.25) is 0 Å². The first-order chi connectivity index (χ1) is 10.1. The van der Waals surface area contributed by atoms with Gasteiger partial charge in [0.05, 0.1) is 13.2 Å². The molecule has 0 radical (unpaired) electrons. The van der Waals surface area contributed by atoms with Gasteiger partial charge in [-0.2, -0.15) is 0 Å². The summed E-state index contributed by atoms with van der Waals surface area (Å²) in [5, 5.41) is 3.30. The Balaban J connectivity index is 2.12. The number of methoxy groups -OCH3 is 1. The Hall–Kier alpha value is -2.00. The van der Waals surface area contributed by atoms with Crippen LogP contribution in [0.3, 0.4) is 0 Å². The number of hydrogen-bond donors (Lipinski definition) is 1. The van der Waals surface area contributed by atoms with Gasteiger partial charge >= 0.3 is 0 Å². The zero-order valence-corrected chi connectivity index (χ0v) is 13.1. The average molecular weight is 285 g/mol. The first kappa shape index (κ1) is 15.4. The second kappa shape index (κ2) is 7.14. The summed E-state index contributed by atoms with van der Waals surface area (Å²) in [5.74, 6) is 1.76. The van der Waals surface area contributed by atoms with Crippen molar-refractivity contribution < 1.29 is 9.47 Å². The summed E-state index contributed by atoms with van der Waals surface area (Å²) in [6, 6.07) is 14.4. The van der Waals surface area contributed by atoms with Crippen molar-refractivity contribution in [3.8, 4) is 11.5 Å². The maximum absolute atomic E-state index is 5.89. The Labute approximate surface area is 126 Å². The van der Waals surface area contributed by atoms with E-state index >= 15 is 0 Å². The minimum atomic E-state index is 0.0844. The van der Waals surface area contributed by atoms with Gasteiger partial charge in [0.2, 0.25) is 0 Å². The topological polar surface area (TPSA) is 30.5 Å². The molecule has 0 spiro atoms. The van der Waals surface area contributed by atoms with Crippen LogP contribution < -0.4 is 14.8 Å². The first-order valence-electron chi connectivity index (χ1n) is 7.15. The van der Waals surface area contributed by atoms with Gasteiger partial charge in [0.25, 0.3) is 0 Å². The van der Waals surface area contributed by atoms with E-state index in [2.05, 4.69) is 43.4 Å². The molecule has 3 nitrogen and oxygen atoms in total. The lowest BCUT2D eigenvalue weighted by Gasteiger charge is -2.20. The molecule has 0 fully saturated rings. The molecule has 0 saturated carbocycles. The van der Waals surface area contributed by atoms with Crippen LogP contribution in [-0.2, 0) is 0 Å². The van der Waals surface area contributed by atoms with Crippen molar-refractivity contribution in [2.75, 3.05) is 20.8 Å². The number of hydrogen-bond acceptors (Lipinski definition) is 3. The predicted molar refractivity (Wildman–Crippen MR) is 86.2 cm³/mol. The summed E-state index contributed by atoms with van der Waals surface area (Å²) in [7, 11) is 3.63. The number of nitrogens with one attached hydrogen (secondary N) is 1. The van der Waals surface area contributed by atoms with Crippen molar-refractivity contribution in [3.05, 3.63) is 59.2 Å². The van der Waals surface area contributed by atoms with Crippen molar-refractivity contribution >= 4 is 0 Å². The SMILES string of the molecule is CNC(COc1ccc(C)cc1)c1cc(C)ccc1OC. The normalized spacial score (nSPS) is 12.0. The van der Waals surface area contributed by atoms with Crippen LogP contribution in [0.25, 0.3) is 0 Å². The lowest BCUT2D eigenvalue weighted by molar-refractivity contribution is 0.269. The van der Waals surface area contributed by atoms with E-state index in [9.17, 15) is 0 Å². The van der Waals surface area contributed by atoms with Crippen molar-refractivity contribution in [1.82, 2.24) is 5.32 Å². The molecule has 0 saturated heterocycles. The van der Waals surface area contributed by atoms with Gasteiger partial charge < -0.3 is 14.8 Å². The highest BCUT2D eigenvalue weighted by molar-refractivity contribution is 5.39. The summed E-state index contributed by atoms with van der Waals surface area (Å²) in [6.45, 7) is 4.70. The number of aryl methyl sites for hydroxylation is 2. The van der Waals surface area contributed by atoms with Crippen LogP contribution in [0.5, 0.6) is 11.5 Å². The van der Waals surface area contributed by atoms with E-state index in [4.69, 9.17) is 9.47 Å². The van der Waals surface area contributed by atoms with Crippen molar-refractivity contribution in [2.24, 2.45) is 0 Å². The van der Waals surface area contributed by atoms with Crippen molar-refractivity contribution in [2.45, 2.75) is 19.9 Å². The molecule has 0 amide bonds. The Morgan fingerprint density at radius 1 is 1.00 bits per heavy atom. The summed E-state index contributed by atoms with van der Waals surface area (Å²) in [6.07, 6.45) is 0. The van der Waals surface area contributed by atoms with Gasteiger partial charge in [0.15, 0.2) is 0 Å². The number of benzene rings is 2. The van der Waals surface area contributed by atoms with E-state index in [1.165, 1.54) is 11.1 Å². The van der Waals surface area contributed by atoms with Gasteiger partial charge in [-0.3, -0.25) is 0 Å². The molecule has 1 unspecified atom stereocenters. The van der Waals surface area contributed by atoms with Crippen LogP contribution in [0.15, 0.2) is 42.5 Å². The number of likely N-dealkylation sites (N-methyl/N-ethyl adjacent to an activating group) is 1. The smallest absolute Gasteiger partial charge is 0.123 e. The molecule has 21 heavy (non-hydrogen) atoms. The summed E-state index contributed by atoms with van der Waals surface area (Å²) < 4.78 is 11.3. The highest BCUT2D eigenvalue weighted by atomic mass is 16.5. The first-order valence-corrected chi connectivity index (χ1v) is 7.15. The zero-order chi connectivity index (χ0) is 15.2. The third-order valence-corrected chi connectivity index (χ3v) is 3.55. The van der Waals surface area contributed by atoms with Gasteiger partial charge in [-0.05, 0) is 39.1 Å². The maximum Gasteiger partial charge on any atom is 0.123 e. The summed E-state index contributed by atoms with van der Waals surface area (Å²) in [4.78, 5) is 0. The van der Waals surface area contributed by atoms with E-state index in [0.29, 0.717) is 6.61 Å². The highest BCUT2D eigenvalue weighted by Crippen LogP contribution is 2.27. The fourth-order valence-corrected chi connectivity index (χ4v) is 2.27. The largest absolute Gasteiger partial charge is 0.496 e. The van der Waals surface area contributed by atoms with Crippen LogP contribution in [0.4, 0.5) is 0 Å².